The van der Waals surface area contributed by atoms with Crippen LogP contribution in [0.1, 0.15) is 54.1 Å². The minimum atomic E-state index is -0.867. The first-order chi connectivity index (χ1) is 21.7. The zero-order valence-electron chi connectivity index (χ0n) is 26.0. The van der Waals surface area contributed by atoms with Crippen molar-refractivity contribution >= 4 is 17.4 Å². The zero-order chi connectivity index (χ0) is 31.9. The lowest BCUT2D eigenvalue weighted by molar-refractivity contribution is -0.140. The summed E-state index contributed by atoms with van der Waals surface area (Å²) in [7, 11) is 1.55. The minimum Gasteiger partial charge on any atom is -0.507 e. The van der Waals surface area contributed by atoms with Crippen LogP contribution in [0.2, 0.25) is 0 Å². The number of Topliss-reactive ketones (excluding diaryl/α,β-unsaturated/α-hetero) is 1. The molecule has 4 aromatic rings. The molecular formula is C37H38N2O6. The molecule has 45 heavy (non-hydrogen) atoms. The van der Waals surface area contributed by atoms with E-state index in [1.165, 1.54) is 4.90 Å². The number of ether oxygens (including phenoxy) is 3. The predicted octanol–water partition coefficient (Wildman–Crippen LogP) is 7.02. The second-order valence-electron chi connectivity index (χ2n) is 11.5. The molecule has 0 bridgehead atoms. The van der Waals surface area contributed by atoms with Gasteiger partial charge in [-0.2, -0.15) is 0 Å². The summed E-state index contributed by atoms with van der Waals surface area (Å²) in [5.74, 6) is 0.403. The molecule has 1 saturated heterocycles. The quantitative estimate of drug-likeness (QED) is 0.105. The normalized spacial score (nSPS) is 15.8. The molecule has 5 rings (SSSR count). The molecule has 1 atom stereocenters. The summed E-state index contributed by atoms with van der Waals surface area (Å²) in [6.07, 6.45) is 4.15. The molecule has 1 unspecified atom stereocenters. The average Bonchev–Trinajstić information content (AvgIpc) is 3.29. The fourth-order valence-electron chi connectivity index (χ4n) is 5.29. The monoisotopic (exact) mass is 606 g/mol. The summed E-state index contributed by atoms with van der Waals surface area (Å²) < 4.78 is 17.6. The first-order valence-electron chi connectivity index (χ1n) is 15.0. The summed E-state index contributed by atoms with van der Waals surface area (Å²) in [4.78, 5) is 32.6. The van der Waals surface area contributed by atoms with Gasteiger partial charge in [-0.15, -0.1) is 0 Å². The van der Waals surface area contributed by atoms with Crippen molar-refractivity contribution in [2.24, 2.45) is 5.92 Å². The van der Waals surface area contributed by atoms with Crippen LogP contribution in [0.15, 0.2) is 96.8 Å². The Morgan fingerprint density at radius 3 is 2.36 bits per heavy atom. The lowest BCUT2D eigenvalue weighted by atomic mass is 9.94. The van der Waals surface area contributed by atoms with E-state index in [-0.39, 0.29) is 17.9 Å². The van der Waals surface area contributed by atoms with E-state index >= 15 is 0 Å². The van der Waals surface area contributed by atoms with Gasteiger partial charge in [-0.1, -0.05) is 49.7 Å². The highest BCUT2D eigenvalue weighted by Crippen LogP contribution is 2.43. The number of likely N-dealkylation sites (tertiary alicyclic amines) is 1. The summed E-state index contributed by atoms with van der Waals surface area (Å²) in [5, 5.41) is 11.6. The van der Waals surface area contributed by atoms with Gasteiger partial charge in [-0.3, -0.25) is 14.6 Å². The zero-order valence-corrected chi connectivity index (χ0v) is 26.0. The molecule has 8 nitrogen and oxygen atoms in total. The third-order valence-electron chi connectivity index (χ3n) is 7.71. The minimum absolute atomic E-state index is 0.00184. The highest BCUT2D eigenvalue weighted by atomic mass is 16.5. The van der Waals surface area contributed by atoms with Gasteiger partial charge in [0.15, 0.2) is 11.5 Å². The summed E-state index contributed by atoms with van der Waals surface area (Å²) >= 11 is 0. The Labute approximate surface area is 263 Å². The predicted molar refractivity (Wildman–Crippen MR) is 172 cm³/mol. The van der Waals surface area contributed by atoms with Crippen molar-refractivity contribution in [2.75, 3.05) is 13.7 Å². The van der Waals surface area contributed by atoms with Crippen molar-refractivity contribution in [1.82, 2.24) is 9.88 Å². The Hall–Kier alpha value is -5.11. The molecule has 1 aliphatic heterocycles. The van der Waals surface area contributed by atoms with Gasteiger partial charge in [0.05, 0.1) is 25.3 Å². The van der Waals surface area contributed by atoms with Crippen molar-refractivity contribution in [3.8, 4) is 17.2 Å². The van der Waals surface area contributed by atoms with Crippen molar-refractivity contribution in [3.63, 3.8) is 0 Å². The number of aryl methyl sites for hydroxylation is 1. The number of nitrogens with zero attached hydrogens (tertiary/aromatic N) is 2. The van der Waals surface area contributed by atoms with Gasteiger partial charge in [0.1, 0.15) is 18.1 Å². The van der Waals surface area contributed by atoms with Gasteiger partial charge in [0.2, 0.25) is 0 Å². The highest BCUT2D eigenvalue weighted by molar-refractivity contribution is 6.46. The van der Waals surface area contributed by atoms with Crippen molar-refractivity contribution in [3.05, 3.63) is 125 Å². The van der Waals surface area contributed by atoms with Crippen LogP contribution in [0.4, 0.5) is 0 Å². The number of aromatic nitrogens is 1. The van der Waals surface area contributed by atoms with Crippen LogP contribution in [0, 0.1) is 12.8 Å². The number of amides is 1. The maximum atomic E-state index is 13.6. The van der Waals surface area contributed by atoms with E-state index in [1.54, 1.807) is 74.1 Å². The van der Waals surface area contributed by atoms with Crippen molar-refractivity contribution in [1.29, 1.82) is 0 Å². The molecule has 8 heteroatoms. The number of pyridine rings is 1. The Balaban J connectivity index is 1.49. The second-order valence-corrected chi connectivity index (χ2v) is 11.5. The van der Waals surface area contributed by atoms with E-state index in [0.29, 0.717) is 47.5 Å². The molecule has 0 radical (unpaired) electrons. The summed E-state index contributed by atoms with van der Waals surface area (Å²) in [6.45, 7) is 7.35. The van der Waals surface area contributed by atoms with Gasteiger partial charge >= 0.3 is 0 Å². The van der Waals surface area contributed by atoms with Crippen LogP contribution in [-0.2, 0) is 22.7 Å². The Bertz CT molecular complexity index is 1680. The number of aliphatic hydroxyl groups is 1. The summed E-state index contributed by atoms with van der Waals surface area (Å²) in [5.41, 5.74) is 3.99. The third kappa shape index (κ3) is 7.34. The van der Waals surface area contributed by atoms with E-state index in [1.807, 2.05) is 25.1 Å². The largest absolute Gasteiger partial charge is 0.507 e. The standard InChI is InChI=1S/C37H38N2O6/c1-24(2)16-19-44-31-13-10-29(21-32(31)43-4)34-33(36(41)37(42)39(34)22-26-14-17-38-18-15-26)35(40)28-8-11-30(12-9-28)45-23-27-7-5-6-25(3)20-27/h5-15,17-18,20-21,24,34,40H,16,19,22-23H2,1-4H3. The molecule has 1 N–H and O–H groups in total. The van der Waals surface area contributed by atoms with Gasteiger partial charge in [0.25, 0.3) is 11.7 Å². The highest BCUT2D eigenvalue weighted by Gasteiger charge is 2.46. The number of ketones is 1. The van der Waals surface area contributed by atoms with Gasteiger partial charge < -0.3 is 24.2 Å². The molecular weight excluding hydrogens is 568 g/mol. The number of rotatable bonds is 12. The van der Waals surface area contributed by atoms with E-state index < -0.39 is 17.7 Å². The number of carbonyl (C=O) groups excluding carboxylic acids is 2. The average molecular weight is 607 g/mol. The molecule has 0 saturated carbocycles. The topological polar surface area (TPSA) is 98.2 Å². The van der Waals surface area contributed by atoms with Crippen LogP contribution >= 0.6 is 0 Å². The number of hydrogen-bond acceptors (Lipinski definition) is 7. The lowest BCUT2D eigenvalue weighted by Gasteiger charge is -2.26. The summed E-state index contributed by atoms with van der Waals surface area (Å²) in [6, 6.07) is 23.0. The Morgan fingerprint density at radius 1 is 0.911 bits per heavy atom. The number of hydrogen-bond donors (Lipinski definition) is 1. The van der Waals surface area contributed by atoms with E-state index in [9.17, 15) is 14.7 Å². The maximum absolute atomic E-state index is 13.6. The molecule has 1 aliphatic rings. The fourth-order valence-corrected chi connectivity index (χ4v) is 5.29. The smallest absolute Gasteiger partial charge is 0.295 e. The molecule has 1 amide bonds. The first kappa shape index (κ1) is 31.3. The van der Waals surface area contributed by atoms with Crippen LogP contribution < -0.4 is 14.2 Å². The van der Waals surface area contributed by atoms with Crippen LogP contribution in [0.5, 0.6) is 17.2 Å². The van der Waals surface area contributed by atoms with Gasteiger partial charge in [0, 0.05) is 24.5 Å². The maximum Gasteiger partial charge on any atom is 0.295 e. The number of aliphatic hydroxyl groups excluding tert-OH is 1. The lowest BCUT2D eigenvalue weighted by Crippen LogP contribution is -2.29. The first-order valence-corrected chi connectivity index (χ1v) is 15.0. The van der Waals surface area contributed by atoms with Crippen LogP contribution in [0.3, 0.4) is 0 Å². The molecule has 232 valence electrons. The third-order valence-corrected chi connectivity index (χ3v) is 7.71. The van der Waals surface area contributed by atoms with E-state index in [2.05, 4.69) is 24.9 Å². The SMILES string of the molecule is COc1cc(C2C(=C(O)c3ccc(OCc4cccc(C)c4)cc3)C(=O)C(=O)N2Cc2ccncc2)ccc1OCCC(C)C. The molecule has 0 spiro atoms. The fraction of sp³-hybridized carbons (Fsp3) is 0.270. The van der Waals surface area contributed by atoms with Crippen molar-refractivity contribution < 1.29 is 28.9 Å². The number of benzene rings is 3. The molecule has 2 heterocycles. The number of carbonyl (C=O) groups is 2. The van der Waals surface area contributed by atoms with Crippen LogP contribution in [-0.4, -0.2) is 40.4 Å². The molecule has 1 fully saturated rings. The van der Waals surface area contributed by atoms with Crippen molar-refractivity contribution in [2.45, 2.75) is 46.4 Å². The van der Waals surface area contributed by atoms with Crippen LogP contribution in [0.25, 0.3) is 5.76 Å². The van der Waals surface area contributed by atoms with E-state index in [0.717, 1.165) is 23.1 Å². The Morgan fingerprint density at radius 2 is 1.67 bits per heavy atom. The molecule has 0 aliphatic carbocycles. The second kappa shape index (κ2) is 14.1. The van der Waals surface area contributed by atoms with E-state index in [4.69, 9.17) is 14.2 Å². The Kier molecular flexibility index (Phi) is 9.82. The number of methoxy groups -OCH3 is 1. The molecule has 3 aromatic carbocycles. The molecule has 1 aromatic heterocycles. The van der Waals surface area contributed by atoms with Gasteiger partial charge in [-0.25, -0.2) is 0 Å². The van der Waals surface area contributed by atoms with Gasteiger partial charge in [-0.05, 0) is 84.5 Å².